The van der Waals surface area contributed by atoms with Crippen LogP contribution in [0.3, 0.4) is 0 Å². The van der Waals surface area contributed by atoms with Gasteiger partial charge in [0, 0.05) is 46.2 Å². The first kappa shape index (κ1) is 18.9. The number of aromatic amines is 2. The molecule has 2 aromatic heterocycles. The Morgan fingerprint density at radius 2 is 1.59 bits per heavy atom. The number of hydrogen-bond donors (Lipinski definition) is 4. The molecule has 0 aliphatic heterocycles. The first-order chi connectivity index (χ1) is 13.9. The molecule has 29 heavy (non-hydrogen) atoms. The Hall–Kier alpha value is -3.42. The van der Waals surface area contributed by atoms with Crippen LogP contribution in [0.2, 0.25) is 0 Å². The molecule has 2 heterocycles. The van der Waals surface area contributed by atoms with Gasteiger partial charge in [0.05, 0.1) is 0 Å². The van der Waals surface area contributed by atoms with Gasteiger partial charge in [-0.15, -0.1) is 0 Å². The molecule has 0 amide bonds. The Morgan fingerprint density at radius 3 is 2.31 bits per heavy atom. The number of rotatable bonds is 5. The van der Waals surface area contributed by atoms with E-state index in [0.29, 0.717) is 5.56 Å². The quantitative estimate of drug-likeness (QED) is 0.307. The van der Waals surface area contributed by atoms with E-state index in [9.17, 15) is 9.59 Å². The number of benzene rings is 2. The second kappa shape index (κ2) is 7.20. The molecule has 0 aliphatic carbocycles. The standard InChI is InChI=1S/C22H22N4O3/c1-22(24,16-12-26-19-9-5-3-7-15(16)19)21(28)29-20(27)17(23)10-13-11-25-18-8-4-2-6-14(13)18/h2-9,11-12,17,25-26H,10,23-24H2,1H3/t17-,22+/m0/s1. The van der Waals surface area contributed by atoms with E-state index in [2.05, 4.69) is 9.97 Å². The number of carbonyl (C=O) groups excluding carboxylic acids is 2. The fraction of sp³-hybridized carbons (Fsp3) is 0.182. The van der Waals surface area contributed by atoms with Crippen molar-refractivity contribution in [1.29, 1.82) is 0 Å². The topological polar surface area (TPSA) is 127 Å². The number of nitrogens with one attached hydrogen (secondary N) is 2. The molecule has 6 N–H and O–H groups in total. The van der Waals surface area contributed by atoms with Gasteiger partial charge in [0.15, 0.2) is 0 Å². The van der Waals surface area contributed by atoms with E-state index < -0.39 is 23.5 Å². The largest absolute Gasteiger partial charge is 0.390 e. The molecular weight excluding hydrogens is 368 g/mol. The highest BCUT2D eigenvalue weighted by molar-refractivity contribution is 5.97. The average Bonchev–Trinajstić information content (AvgIpc) is 3.32. The molecule has 0 unspecified atom stereocenters. The lowest BCUT2D eigenvalue weighted by Gasteiger charge is -2.22. The monoisotopic (exact) mass is 390 g/mol. The third-order valence-electron chi connectivity index (χ3n) is 5.18. The van der Waals surface area contributed by atoms with E-state index in [0.717, 1.165) is 27.4 Å². The molecule has 0 spiro atoms. The third-order valence-corrected chi connectivity index (χ3v) is 5.18. The van der Waals surface area contributed by atoms with Gasteiger partial charge in [0.25, 0.3) is 0 Å². The minimum absolute atomic E-state index is 0.241. The summed E-state index contributed by atoms with van der Waals surface area (Å²) in [7, 11) is 0. The maximum absolute atomic E-state index is 12.7. The van der Waals surface area contributed by atoms with Crippen molar-refractivity contribution in [3.63, 3.8) is 0 Å². The molecule has 7 heteroatoms. The summed E-state index contributed by atoms with van der Waals surface area (Å²) in [4.78, 5) is 31.4. The number of esters is 2. The van der Waals surface area contributed by atoms with Crippen molar-refractivity contribution in [2.75, 3.05) is 0 Å². The van der Waals surface area contributed by atoms with Gasteiger partial charge < -0.3 is 26.2 Å². The Bertz CT molecular complexity index is 1200. The Morgan fingerprint density at radius 1 is 1.00 bits per heavy atom. The van der Waals surface area contributed by atoms with E-state index in [1.807, 2.05) is 48.5 Å². The summed E-state index contributed by atoms with van der Waals surface area (Å²) in [5, 5.41) is 1.77. The first-order valence-electron chi connectivity index (χ1n) is 9.30. The van der Waals surface area contributed by atoms with Crippen LogP contribution < -0.4 is 11.5 Å². The van der Waals surface area contributed by atoms with E-state index in [1.165, 1.54) is 6.92 Å². The lowest BCUT2D eigenvalue weighted by molar-refractivity contribution is -0.164. The van der Waals surface area contributed by atoms with Crippen LogP contribution in [0, 0.1) is 0 Å². The molecule has 7 nitrogen and oxygen atoms in total. The summed E-state index contributed by atoms with van der Waals surface area (Å²) >= 11 is 0. The minimum Gasteiger partial charge on any atom is -0.390 e. The third kappa shape index (κ3) is 3.41. The summed E-state index contributed by atoms with van der Waals surface area (Å²) in [6.07, 6.45) is 3.70. The SMILES string of the molecule is C[C@](N)(C(=O)OC(=O)[C@@H](N)Cc1c[nH]c2ccccc12)c1c[nH]c2ccccc12. The maximum atomic E-state index is 12.7. The molecule has 0 saturated heterocycles. The fourth-order valence-corrected chi connectivity index (χ4v) is 3.50. The lowest BCUT2D eigenvalue weighted by atomic mass is 9.93. The molecule has 2 aromatic carbocycles. The Balaban J connectivity index is 1.49. The lowest BCUT2D eigenvalue weighted by Crippen LogP contribution is -2.46. The number of H-pyrrole nitrogens is 2. The second-order valence-electron chi connectivity index (χ2n) is 7.33. The highest BCUT2D eigenvalue weighted by Crippen LogP contribution is 2.28. The first-order valence-corrected chi connectivity index (χ1v) is 9.30. The van der Waals surface area contributed by atoms with Crippen LogP contribution in [0.25, 0.3) is 21.8 Å². The van der Waals surface area contributed by atoms with Gasteiger partial charge in [-0.3, -0.25) is 0 Å². The van der Waals surface area contributed by atoms with Crippen LogP contribution >= 0.6 is 0 Å². The number of hydrogen-bond acceptors (Lipinski definition) is 5. The van der Waals surface area contributed by atoms with Crippen molar-refractivity contribution >= 4 is 33.7 Å². The highest BCUT2D eigenvalue weighted by Gasteiger charge is 2.37. The number of para-hydroxylation sites is 2. The van der Waals surface area contributed by atoms with Gasteiger partial charge in [-0.2, -0.15) is 0 Å². The van der Waals surface area contributed by atoms with Crippen molar-refractivity contribution in [3.05, 3.63) is 72.1 Å². The molecule has 0 bridgehead atoms. The van der Waals surface area contributed by atoms with Gasteiger partial charge in [-0.25, -0.2) is 9.59 Å². The highest BCUT2D eigenvalue weighted by atomic mass is 16.6. The average molecular weight is 390 g/mol. The molecule has 0 saturated carbocycles. The Kier molecular flexibility index (Phi) is 4.70. The predicted molar refractivity (Wildman–Crippen MR) is 111 cm³/mol. The molecular formula is C22H22N4O3. The van der Waals surface area contributed by atoms with Crippen LogP contribution in [0.1, 0.15) is 18.1 Å². The van der Waals surface area contributed by atoms with Gasteiger partial charge in [-0.05, 0) is 24.6 Å². The van der Waals surface area contributed by atoms with Crippen molar-refractivity contribution < 1.29 is 14.3 Å². The van der Waals surface area contributed by atoms with Crippen molar-refractivity contribution in [3.8, 4) is 0 Å². The molecule has 0 aliphatic rings. The van der Waals surface area contributed by atoms with Crippen molar-refractivity contribution in [2.24, 2.45) is 11.5 Å². The number of ether oxygens (including phenoxy) is 1. The predicted octanol–water partition coefficient (Wildman–Crippen LogP) is 2.46. The number of fused-ring (bicyclic) bond motifs is 2. The summed E-state index contributed by atoms with van der Waals surface area (Å²) in [5.74, 6) is -1.65. The zero-order chi connectivity index (χ0) is 20.6. The van der Waals surface area contributed by atoms with Crippen molar-refractivity contribution in [1.82, 2.24) is 9.97 Å². The van der Waals surface area contributed by atoms with Crippen LogP contribution in [0.15, 0.2) is 60.9 Å². The van der Waals surface area contributed by atoms with Gasteiger partial charge >= 0.3 is 11.9 Å². The van der Waals surface area contributed by atoms with Gasteiger partial charge in [0.2, 0.25) is 0 Å². The molecule has 4 rings (SSSR count). The number of carbonyl (C=O) groups is 2. The normalized spacial score (nSPS) is 14.6. The zero-order valence-corrected chi connectivity index (χ0v) is 15.9. The molecule has 4 aromatic rings. The van der Waals surface area contributed by atoms with Crippen LogP contribution in [0.4, 0.5) is 0 Å². The van der Waals surface area contributed by atoms with Crippen LogP contribution in [-0.4, -0.2) is 27.9 Å². The van der Waals surface area contributed by atoms with Crippen molar-refractivity contribution in [2.45, 2.75) is 24.9 Å². The molecule has 0 fully saturated rings. The van der Waals surface area contributed by atoms with E-state index in [-0.39, 0.29) is 6.42 Å². The number of aromatic nitrogens is 2. The van der Waals surface area contributed by atoms with E-state index >= 15 is 0 Å². The van der Waals surface area contributed by atoms with Gasteiger partial charge in [0.1, 0.15) is 11.6 Å². The summed E-state index contributed by atoms with van der Waals surface area (Å²) in [5.41, 5.74) is 14.0. The van der Waals surface area contributed by atoms with Crippen LogP contribution in [-0.2, 0) is 26.3 Å². The zero-order valence-electron chi connectivity index (χ0n) is 15.9. The number of nitrogens with two attached hydrogens (primary N) is 2. The molecule has 2 atom stereocenters. The second-order valence-corrected chi connectivity index (χ2v) is 7.33. The van der Waals surface area contributed by atoms with E-state index in [4.69, 9.17) is 16.2 Å². The maximum Gasteiger partial charge on any atom is 0.338 e. The van der Waals surface area contributed by atoms with Crippen LogP contribution in [0.5, 0.6) is 0 Å². The van der Waals surface area contributed by atoms with Gasteiger partial charge in [-0.1, -0.05) is 36.4 Å². The summed E-state index contributed by atoms with van der Waals surface area (Å²) in [6.45, 7) is 1.52. The van der Waals surface area contributed by atoms with E-state index in [1.54, 1.807) is 12.4 Å². The molecule has 0 radical (unpaired) electrons. The molecule has 148 valence electrons. The smallest absolute Gasteiger partial charge is 0.338 e. The summed E-state index contributed by atoms with van der Waals surface area (Å²) in [6, 6.07) is 14.2. The summed E-state index contributed by atoms with van der Waals surface area (Å²) < 4.78 is 5.06. The minimum atomic E-state index is -1.50. The fourth-order valence-electron chi connectivity index (χ4n) is 3.50. The Labute approximate surface area is 167 Å².